The van der Waals surface area contributed by atoms with E-state index >= 15 is 0 Å². The van der Waals surface area contributed by atoms with Crippen molar-refractivity contribution in [3.8, 4) is 5.75 Å². The second-order valence-electron chi connectivity index (χ2n) is 3.49. The van der Waals surface area contributed by atoms with Crippen molar-refractivity contribution in [2.24, 2.45) is 0 Å². The summed E-state index contributed by atoms with van der Waals surface area (Å²) in [4.78, 5) is 11.1. The van der Waals surface area contributed by atoms with Crippen LogP contribution >= 0.6 is 0 Å². The Labute approximate surface area is 102 Å². The number of nitrogens with two attached hydrogens (primary N) is 1. The molecule has 1 aromatic carbocycles. The number of ether oxygens (including phenoxy) is 1. The van der Waals surface area contributed by atoms with Gasteiger partial charge in [0.15, 0.2) is 6.61 Å². The Bertz CT molecular complexity index is 433. The molecule has 4 nitrogen and oxygen atoms in total. The molecule has 0 saturated heterocycles. The lowest BCUT2D eigenvalue weighted by Crippen LogP contribution is -2.28. The van der Waals surface area contributed by atoms with E-state index in [1.807, 2.05) is 0 Å². The zero-order chi connectivity index (χ0) is 13.8. The van der Waals surface area contributed by atoms with E-state index in [0.717, 1.165) is 18.2 Å². The first-order chi connectivity index (χ1) is 8.34. The van der Waals surface area contributed by atoms with Crippen molar-refractivity contribution in [3.63, 3.8) is 0 Å². The third-order valence-electron chi connectivity index (χ3n) is 2.07. The summed E-state index contributed by atoms with van der Waals surface area (Å²) in [7, 11) is 0. The van der Waals surface area contributed by atoms with Gasteiger partial charge in [0.1, 0.15) is 5.75 Å². The summed E-state index contributed by atoms with van der Waals surface area (Å²) < 4.78 is 42.2. The average molecular weight is 262 g/mol. The minimum absolute atomic E-state index is 0.117. The number of amides is 1. The molecular weight excluding hydrogens is 249 g/mol. The minimum atomic E-state index is -4.50. The van der Waals surface area contributed by atoms with Gasteiger partial charge in [0.25, 0.3) is 5.91 Å². The van der Waals surface area contributed by atoms with Gasteiger partial charge in [-0.3, -0.25) is 4.79 Å². The van der Waals surface area contributed by atoms with E-state index in [2.05, 4.69) is 5.32 Å². The van der Waals surface area contributed by atoms with Crippen LogP contribution < -0.4 is 15.8 Å². The molecule has 1 amide bonds. The van der Waals surface area contributed by atoms with E-state index < -0.39 is 17.4 Å². The molecule has 0 spiro atoms. The molecule has 18 heavy (non-hydrogen) atoms. The number of rotatable bonds is 4. The number of alkyl halides is 3. The molecule has 0 aromatic heterocycles. The molecule has 0 aliphatic carbocycles. The van der Waals surface area contributed by atoms with Crippen LogP contribution in [0.4, 0.5) is 18.9 Å². The second kappa shape index (κ2) is 5.61. The van der Waals surface area contributed by atoms with E-state index in [1.54, 1.807) is 6.92 Å². The Morgan fingerprint density at radius 3 is 2.61 bits per heavy atom. The summed E-state index contributed by atoms with van der Waals surface area (Å²) in [5.41, 5.74) is 3.91. The highest BCUT2D eigenvalue weighted by atomic mass is 19.4. The van der Waals surface area contributed by atoms with Gasteiger partial charge in [0.05, 0.1) is 5.56 Å². The van der Waals surface area contributed by atoms with Gasteiger partial charge in [-0.15, -0.1) is 0 Å². The lowest BCUT2D eigenvalue weighted by atomic mass is 10.1. The summed E-state index contributed by atoms with van der Waals surface area (Å²) >= 11 is 0. The summed E-state index contributed by atoms with van der Waals surface area (Å²) in [6, 6.07) is 2.99. The van der Waals surface area contributed by atoms with Gasteiger partial charge in [-0.05, 0) is 19.1 Å². The quantitative estimate of drug-likeness (QED) is 0.813. The van der Waals surface area contributed by atoms with Gasteiger partial charge < -0.3 is 15.8 Å². The van der Waals surface area contributed by atoms with Crippen LogP contribution in [0.3, 0.4) is 0 Å². The first-order valence-electron chi connectivity index (χ1n) is 5.20. The van der Waals surface area contributed by atoms with Crippen molar-refractivity contribution in [2.45, 2.75) is 13.1 Å². The van der Waals surface area contributed by atoms with Crippen LogP contribution in [0.5, 0.6) is 5.75 Å². The summed E-state index contributed by atoms with van der Waals surface area (Å²) in [6.45, 7) is 1.93. The molecule has 0 unspecified atom stereocenters. The molecule has 3 N–H and O–H groups in total. The monoisotopic (exact) mass is 262 g/mol. The fourth-order valence-electron chi connectivity index (χ4n) is 1.29. The largest absolute Gasteiger partial charge is 0.484 e. The summed E-state index contributed by atoms with van der Waals surface area (Å²) in [5.74, 6) is -0.234. The molecule has 0 fully saturated rings. The smallest absolute Gasteiger partial charge is 0.418 e. The number of nitrogens with one attached hydrogen (secondary N) is 1. The number of halogens is 3. The molecule has 0 atom stereocenters. The Balaban J connectivity index is 2.71. The number of hydrogen-bond acceptors (Lipinski definition) is 3. The fraction of sp³-hybridized carbons (Fsp3) is 0.364. The van der Waals surface area contributed by atoms with Crippen LogP contribution in [0.2, 0.25) is 0 Å². The minimum Gasteiger partial charge on any atom is -0.484 e. The van der Waals surface area contributed by atoms with E-state index in [4.69, 9.17) is 10.5 Å². The maximum atomic E-state index is 12.4. The predicted molar refractivity (Wildman–Crippen MR) is 60.0 cm³/mol. The number of benzene rings is 1. The molecule has 1 aromatic rings. The number of carbonyl (C=O) groups is 1. The number of hydrogen-bond donors (Lipinski definition) is 2. The molecule has 0 aliphatic heterocycles. The Hall–Kier alpha value is -1.92. The molecular formula is C11H13F3N2O2. The van der Waals surface area contributed by atoms with Gasteiger partial charge >= 0.3 is 6.18 Å². The lowest BCUT2D eigenvalue weighted by molar-refractivity contribution is -0.137. The van der Waals surface area contributed by atoms with Gasteiger partial charge in [-0.1, -0.05) is 0 Å². The van der Waals surface area contributed by atoms with Crippen LogP contribution in [0, 0.1) is 0 Å². The Kier molecular flexibility index (Phi) is 4.41. The number of anilines is 1. The van der Waals surface area contributed by atoms with E-state index in [1.165, 1.54) is 0 Å². The van der Waals surface area contributed by atoms with Crippen molar-refractivity contribution >= 4 is 11.6 Å². The third-order valence-corrected chi connectivity index (χ3v) is 2.07. The van der Waals surface area contributed by atoms with Crippen LogP contribution in [0.1, 0.15) is 12.5 Å². The summed E-state index contributed by atoms with van der Waals surface area (Å²) in [6.07, 6.45) is -4.50. The van der Waals surface area contributed by atoms with Crippen LogP contribution in [0.15, 0.2) is 18.2 Å². The van der Waals surface area contributed by atoms with Crippen molar-refractivity contribution in [1.29, 1.82) is 0 Å². The van der Waals surface area contributed by atoms with Crippen LogP contribution in [-0.4, -0.2) is 19.1 Å². The van der Waals surface area contributed by atoms with Crippen molar-refractivity contribution in [3.05, 3.63) is 23.8 Å². The van der Waals surface area contributed by atoms with Crippen molar-refractivity contribution in [1.82, 2.24) is 5.32 Å². The number of likely N-dealkylation sites (N-methyl/N-ethyl adjacent to an activating group) is 1. The maximum absolute atomic E-state index is 12.4. The predicted octanol–water partition coefficient (Wildman–Crippen LogP) is 1.80. The van der Waals surface area contributed by atoms with Gasteiger partial charge in [-0.2, -0.15) is 13.2 Å². The van der Waals surface area contributed by atoms with Gasteiger partial charge in [-0.25, -0.2) is 0 Å². The summed E-state index contributed by atoms with van der Waals surface area (Å²) in [5, 5.41) is 2.49. The van der Waals surface area contributed by atoms with Gasteiger partial charge in [0, 0.05) is 18.3 Å². The lowest BCUT2D eigenvalue weighted by Gasteiger charge is -2.12. The fourth-order valence-corrected chi connectivity index (χ4v) is 1.29. The normalized spacial score (nSPS) is 11.1. The molecule has 100 valence electrons. The van der Waals surface area contributed by atoms with E-state index in [-0.39, 0.29) is 18.3 Å². The van der Waals surface area contributed by atoms with Crippen molar-refractivity contribution in [2.75, 3.05) is 18.9 Å². The third kappa shape index (κ3) is 3.83. The van der Waals surface area contributed by atoms with E-state index in [9.17, 15) is 18.0 Å². The molecule has 1 rings (SSSR count). The zero-order valence-corrected chi connectivity index (χ0v) is 9.67. The van der Waals surface area contributed by atoms with Crippen molar-refractivity contribution < 1.29 is 22.7 Å². The van der Waals surface area contributed by atoms with Crippen LogP contribution in [-0.2, 0) is 11.0 Å². The van der Waals surface area contributed by atoms with E-state index in [0.29, 0.717) is 6.54 Å². The first kappa shape index (κ1) is 14.1. The average Bonchev–Trinajstić information content (AvgIpc) is 2.25. The standard InChI is InChI=1S/C11H13F3N2O2/c1-2-16-10(17)6-18-7-3-4-8(9(15)5-7)11(12,13)14/h3-5H,2,6,15H2,1H3,(H,16,17). The Morgan fingerprint density at radius 1 is 1.44 bits per heavy atom. The number of nitrogen functional groups attached to an aromatic ring is 1. The SMILES string of the molecule is CCNC(=O)COc1ccc(C(F)(F)F)c(N)c1. The second-order valence-corrected chi connectivity index (χ2v) is 3.49. The highest BCUT2D eigenvalue weighted by Gasteiger charge is 2.32. The highest BCUT2D eigenvalue weighted by Crippen LogP contribution is 2.35. The number of carbonyl (C=O) groups excluding carboxylic acids is 1. The molecule has 0 radical (unpaired) electrons. The molecule has 0 aliphatic rings. The molecule has 0 saturated carbocycles. The molecule has 0 bridgehead atoms. The highest BCUT2D eigenvalue weighted by molar-refractivity contribution is 5.77. The topological polar surface area (TPSA) is 64.3 Å². The van der Waals surface area contributed by atoms with Gasteiger partial charge in [0.2, 0.25) is 0 Å². The zero-order valence-electron chi connectivity index (χ0n) is 9.67. The molecule has 7 heteroatoms. The first-order valence-corrected chi connectivity index (χ1v) is 5.20. The van der Waals surface area contributed by atoms with Crippen LogP contribution in [0.25, 0.3) is 0 Å². The Morgan fingerprint density at radius 2 is 2.11 bits per heavy atom. The molecule has 0 heterocycles. The maximum Gasteiger partial charge on any atom is 0.418 e.